The van der Waals surface area contributed by atoms with E-state index < -0.39 is 0 Å². The van der Waals surface area contributed by atoms with Crippen molar-refractivity contribution in [3.63, 3.8) is 0 Å². The van der Waals surface area contributed by atoms with Gasteiger partial charge >= 0.3 is 0 Å². The molecule has 4 heteroatoms. The van der Waals surface area contributed by atoms with Gasteiger partial charge in [0.2, 0.25) is 0 Å². The molecule has 0 spiro atoms. The molecule has 0 aliphatic carbocycles. The molecule has 0 aliphatic rings. The van der Waals surface area contributed by atoms with Crippen molar-refractivity contribution in [2.45, 2.75) is 0 Å². The molecule has 0 aliphatic heterocycles. The van der Waals surface area contributed by atoms with Crippen LogP contribution in [-0.4, -0.2) is 14.1 Å². The minimum absolute atomic E-state index is 0.883. The highest BCUT2D eigenvalue weighted by Gasteiger charge is 2.17. The van der Waals surface area contributed by atoms with Crippen molar-refractivity contribution in [3.8, 4) is 33.6 Å². The maximum atomic E-state index is 6.46. The third kappa shape index (κ3) is 4.55. The lowest BCUT2D eigenvalue weighted by Gasteiger charge is -2.09. The quantitative estimate of drug-likeness (QED) is 0.183. The standard InChI is InChI=1S/C51H31N3O/c1-3-9-38(10-4-1)53-46-14-8-7-13-40(46)42-25-32(16-20-47(42)53)33-17-21-48-43(26-33)44-27-34(18-22-49(44)54(48)39-11-5-2-6-12-39)35-15-19-41-45-28-37-31-52-24-23-36(37)30-51(45)55-50(41)29-35/h1-31H. The zero-order valence-corrected chi connectivity index (χ0v) is 29.6. The van der Waals surface area contributed by atoms with E-state index in [1.807, 2.05) is 18.5 Å². The Morgan fingerprint density at radius 2 is 0.855 bits per heavy atom. The highest BCUT2D eigenvalue weighted by Crippen LogP contribution is 2.40. The lowest BCUT2D eigenvalue weighted by atomic mass is 9.98. The first kappa shape index (κ1) is 30.1. The fourth-order valence-electron chi connectivity index (χ4n) is 8.78. The van der Waals surface area contributed by atoms with E-state index in [0.29, 0.717) is 0 Å². The molecule has 12 rings (SSSR count). The summed E-state index contributed by atoms with van der Waals surface area (Å²) in [7, 11) is 0. The Bertz CT molecular complexity index is 3480. The van der Waals surface area contributed by atoms with Gasteiger partial charge in [-0.25, -0.2) is 0 Å². The van der Waals surface area contributed by atoms with E-state index in [0.717, 1.165) is 55.2 Å². The van der Waals surface area contributed by atoms with Crippen LogP contribution in [0.4, 0.5) is 0 Å². The summed E-state index contributed by atoms with van der Waals surface area (Å²) in [5.41, 5.74) is 13.5. The average Bonchev–Trinajstić information content (AvgIpc) is 3.89. The van der Waals surface area contributed by atoms with E-state index in [9.17, 15) is 0 Å². The Morgan fingerprint density at radius 1 is 0.345 bits per heavy atom. The lowest BCUT2D eigenvalue weighted by Crippen LogP contribution is -1.93. The van der Waals surface area contributed by atoms with Gasteiger partial charge in [0.1, 0.15) is 11.2 Å². The number of hydrogen-bond donors (Lipinski definition) is 0. The predicted molar refractivity (Wildman–Crippen MR) is 229 cm³/mol. The van der Waals surface area contributed by atoms with Crippen LogP contribution in [-0.2, 0) is 0 Å². The molecule has 8 aromatic carbocycles. The van der Waals surface area contributed by atoms with Gasteiger partial charge in [0.15, 0.2) is 0 Å². The molecule has 4 aromatic heterocycles. The molecule has 0 radical (unpaired) electrons. The largest absolute Gasteiger partial charge is 0.456 e. The smallest absolute Gasteiger partial charge is 0.136 e. The minimum Gasteiger partial charge on any atom is -0.456 e. The summed E-state index contributed by atoms with van der Waals surface area (Å²) in [5, 5.41) is 9.38. The number of para-hydroxylation sites is 3. The fourth-order valence-corrected chi connectivity index (χ4v) is 8.78. The van der Waals surface area contributed by atoms with E-state index in [1.165, 1.54) is 54.7 Å². The summed E-state index contributed by atoms with van der Waals surface area (Å²) in [6, 6.07) is 63.7. The van der Waals surface area contributed by atoms with Crippen LogP contribution in [0.15, 0.2) is 193 Å². The zero-order chi connectivity index (χ0) is 36.0. The molecule has 0 saturated carbocycles. The summed E-state index contributed by atoms with van der Waals surface area (Å²) in [6.07, 6.45) is 3.74. The summed E-state index contributed by atoms with van der Waals surface area (Å²) in [4.78, 5) is 4.33. The first-order valence-corrected chi connectivity index (χ1v) is 18.7. The van der Waals surface area contributed by atoms with Crippen LogP contribution in [0.1, 0.15) is 0 Å². The van der Waals surface area contributed by atoms with Crippen LogP contribution in [0.3, 0.4) is 0 Å². The molecule has 55 heavy (non-hydrogen) atoms. The number of benzene rings is 8. The molecule has 0 unspecified atom stereocenters. The van der Waals surface area contributed by atoms with Gasteiger partial charge in [0.05, 0.1) is 22.1 Å². The molecule has 256 valence electrons. The zero-order valence-electron chi connectivity index (χ0n) is 29.6. The second-order valence-corrected chi connectivity index (χ2v) is 14.4. The van der Waals surface area contributed by atoms with Crippen molar-refractivity contribution in [1.82, 2.24) is 14.1 Å². The van der Waals surface area contributed by atoms with Crippen molar-refractivity contribution < 1.29 is 4.42 Å². The summed E-state index contributed by atoms with van der Waals surface area (Å²) in [6.45, 7) is 0. The van der Waals surface area contributed by atoms with E-state index >= 15 is 0 Å². The average molecular weight is 702 g/mol. The van der Waals surface area contributed by atoms with E-state index in [1.54, 1.807) is 0 Å². The van der Waals surface area contributed by atoms with Crippen LogP contribution >= 0.6 is 0 Å². The Hall–Kier alpha value is -7.43. The molecule has 0 amide bonds. The van der Waals surface area contributed by atoms with Crippen LogP contribution < -0.4 is 0 Å². The van der Waals surface area contributed by atoms with Crippen molar-refractivity contribution in [2.24, 2.45) is 0 Å². The van der Waals surface area contributed by atoms with Gasteiger partial charge in [-0.15, -0.1) is 0 Å². The molecule has 12 aromatic rings. The maximum absolute atomic E-state index is 6.46. The SMILES string of the molecule is c1ccc(-n2c3ccccc3c3cc(-c4ccc5c(c4)c4cc(-c6ccc7c(c6)oc6cc8ccncc8cc67)ccc4n5-c4ccccc4)ccc32)cc1. The number of nitrogens with zero attached hydrogens (tertiary/aromatic N) is 3. The molecule has 4 heterocycles. The van der Waals surface area contributed by atoms with Gasteiger partial charge in [0.25, 0.3) is 0 Å². The lowest BCUT2D eigenvalue weighted by molar-refractivity contribution is 0.669. The number of pyridine rings is 1. The number of rotatable bonds is 4. The van der Waals surface area contributed by atoms with Crippen LogP contribution in [0.25, 0.3) is 110 Å². The van der Waals surface area contributed by atoms with Gasteiger partial charge in [-0.1, -0.05) is 78.9 Å². The second-order valence-electron chi connectivity index (χ2n) is 14.4. The Balaban J connectivity index is 1.04. The molecule has 4 nitrogen and oxygen atoms in total. The third-order valence-corrected chi connectivity index (χ3v) is 11.4. The van der Waals surface area contributed by atoms with Gasteiger partial charge in [-0.05, 0) is 125 Å². The Kier molecular flexibility index (Phi) is 6.31. The molecule has 0 fully saturated rings. The van der Waals surface area contributed by atoms with Crippen LogP contribution in [0.5, 0.6) is 0 Å². The van der Waals surface area contributed by atoms with E-state index in [2.05, 4.69) is 184 Å². The summed E-state index contributed by atoms with van der Waals surface area (Å²) in [5.74, 6) is 0. The monoisotopic (exact) mass is 701 g/mol. The number of hydrogen-bond acceptors (Lipinski definition) is 2. The first-order chi connectivity index (χ1) is 27.2. The first-order valence-electron chi connectivity index (χ1n) is 18.7. The number of furan rings is 1. The number of aromatic nitrogens is 3. The van der Waals surface area contributed by atoms with E-state index in [4.69, 9.17) is 4.42 Å². The van der Waals surface area contributed by atoms with Gasteiger partial charge in [-0.2, -0.15) is 0 Å². The maximum Gasteiger partial charge on any atom is 0.136 e. The van der Waals surface area contributed by atoms with Crippen molar-refractivity contribution in [3.05, 3.63) is 188 Å². The Morgan fingerprint density at radius 3 is 1.49 bits per heavy atom. The van der Waals surface area contributed by atoms with Gasteiger partial charge < -0.3 is 13.6 Å². The molecule has 0 N–H and O–H groups in total. The molecular weight excluding hydrogens is 671 g/mol. The Labute approximate surface area is 315 Å². The molecule has 0 bridgehead atoms. The summed E-state index contributed by atoms with van der Waals surface area (Å²) < 4.78 is 11.2. The van der Waals surface area contributed by atoms with Crippen molar-refractivity contribution >= 4 is 76.3 Å². The molecule has 0 saturated heterocycles. The molecule has 0 atom stereocenters. The topological polar surface area (TPSA) is 35.9 Å². The van der Waals surface area contributed by atoms with Crippen molar-refractivity contribution in [2.75, 3.05) is 0 Å². The second kappa shape index (κ2) is 11.5. The highest BCUT2D eigenvalue weighted by molar-refractivity contribution is 6.14. The molecular formula is C51H31N3O. The van der Waals surface area contributed by atoms with Gasteiger partial charge in [-0.3, -0.25) is 4.98 Å². The number of fused-ring (bicyclic) bond motifs is 10. The van der Waals surface area contributed by atoms with Crippen LogP contribution in [0, 0.1) is 0 Å². The highest BCUT2D eigenvalue weighted by atomic mass is 16.3. The van der Waals surface area contributed by atoms with E-state index in [-0.39, 0.29) is 0 Å². The van der Waals surface area contributed by atoms with Gasteiger partial charge in [0, 0.05) is 61.5 Å². The normalized spacial score (nSPS) is 12.0. The van der Waals surface area contributed by atoms with Crippen LogP contribution in [0.2, 0.25) is 0 Å². The van der Waals surface area contributed by atoms with Crippen molar-refractivity contribution in [1.29, 1.82) is 0 Å². The fraction of sp³-hybridized carbons (Fsp3) is 0. The third-order valence-electron chi connectivity index (χ3n) is 11.4. The predicted octanol–water partition coefficient (Wildman–Crippen LogP) is 13.7. The minimum atomic E-state index is 0.883. The summed E-state index contributed by atoms with van der Waals surface area (Å²) >= 11 is 0.